The van der Waals surface area contributed by atoms with E-state index in [1.807, 2.05) is 18.4 Å². The van der Waals surface area contributed by atoms with Crippen LogP contribution in [0.5, 0.6) is 5.75 Å². The van der Waals surface area contributed by atoms with Crippen LogP contribution in [0, 0.1) is 5.82 Å². The summed E-state index contributed by atoms with van der Waals surface area (Å²) in [6, 6.07) is 7.59. The standard InChI is InChI=1S/C23H30FN3O4S/c1-3-10-25-23(29)26(12-13-30-2)15-22(28)27-11-8-21-17(9-14-32-21)19(27)16-31-20-7-5-4-6-18(20)24/h4-7,9,14,19H,3,8,10-13,15-16H2,1-2H3,(H,25,29). The van der Waals surface area contributed by atoms with Gasteiger partial charge in [-0.1, -0.05) is 19.1 Å². The average Bonchev–Trinajstić information content (AvgIpc) is 3.28. The largest absolute Gasteiger partial charge is 0.488 e. The van der Waals surface area contributed by atoms with Gasteiger partial charge in [0.05, 0.1) is 12.6 Å². The van der Waals surface area contributed by atoms with Gasteiger partial charge in [-0.05, 0) is 42.0 Å². The normalized spacial score (nSPS) is 15.2. The van der Waals surface area contributed by atoms with Crippen LogP contribution in [0.4, 0.5) is 9.18 Å². The van der Waals surface area contributed by atoms with Crippen molar-refractivity contribution in [2.75, 3.05) is 46.5 Å². The van der Waals surface area contributed by atoms with Crippen LogP contribution in [-0.4, -0.2) is 68.2 Å². The SMILES string of the molecule is CCCNC(=O)N(CCOC)CC(=O)N1CCc2sccc2C1COc1ccccc1F. The van der Waals surface area contributed by atoms with Gasteiger partial charge in [-0.2, -0.15) is 0 Å². The Balaban J connectivity index is 1.74. The van der Waals surface area contributed by atoms with E-state index >= 15 is 0 Å². The van der Waals surface area contributed by atoms with E-state index in [0.29, 0.717) is 26.2 Å². The van der Waals surface area contributed by atoms with Gasteiger partial charge in [-0.3, -0.25) is 4.79 Å². The molecule has 0 saturated carbocycles. The molecule has 1 aromatic carbocycles. The molecule has 1 unspecified atom stereocenters. The molecule has 0 radical (unpaired) electrons. The number of rotatable bonds is 10. The number of nitrogens with zero attached hydrogens (tertiary/aromatic N) is 2. The van der Waals surface area contributed by atoms with Gasteiger partial charge in [0.2, 0.25) is 5.91 Å². The number of hydrogen-bond donors (Lipinski definition) is 1. The molecular formula is C23H30FN3O4S. The van der Waals surface area contributed by atoms with Crippen LogP contribution in [-0.2, 0) is 16.0 Å². The van der Waals surface area contributed by atoms with Crippen LogP contribution >= 0.6 is 11.3 Å². The maximum atomic E-state index is 14.0. The van der Waals surface area contributed by atoms with E-state index in [9.17, 15) is 14.0 Å². The monoisotopic (exact) mass is 463 g/mol. The van der Waals surface area contributed by atoms with Crippen molar-refractivity contribution in [1.82, 2.24) is 15.1 Å². The van der Waals surface area contributed by atoms with E-state index in [-0.39, 0.29) is 36.9 Å². The van der Waals surface area contributed by atoms with Crippen LogP contribution in [0.1, 0.15) is 29.8 Å². The minimum absolute atomic E-state index is 0.0609. The molecular weight excluding hydrogens is 433 g/mol. The van der Waals surface area contributed by atoms with E-state index < -0.39 is 5.82 Å². The number of methoxy groups -OCH3 is 1. The molecule has 174 valence electrons. The predicted molar refractivity (Wildman–Crippen MR) is 122 cm³/mol. The number of carbonyl (C=O) groups is 2. The summed E-state index contributed by atoms with van der Waals surface area (Å²) < 4.78 is 24.9. The second-order valence-electron chi connectivity index (χ2n) is 7.54. The molecule has 9 heteroatoms. The van der Waals surface area contributed by atoms with Gasteiger partial charge in [-0.15, -0.1) is 11.3 Å². The minimum Gasteiger partial charge on any atom is -0.488 e. The summed E-state index contributed by atoms with van der Waals surface area (Å²) in [5, 5.41) is 4.82. The Hall–Kier alpha value is -2.65. The van der Waals surface area contributed by atoms with Crippen molar-refractivity contribution in [3.8, 4) is 5.75 Å². The molecule has 0 aliphatic carbocycles. The molecule has 2 heterocycles. The number of para-hydroxylation sites is 1. The predicted octanol–water partition coefficient (Wildman–Crippen LogP) is 3.46. The first-order valence-electron chi connectivity index (χ1n) is 10.8. The fourth-order valence-electron chi connectivity index (χ4n) is 3.66. The Morgan fingerprint density at radius 2 is 2.12 bits per heavy atom. The fraction of sp³-hybridized carbons (Fsp3) is 0.478. The number of carbonyl (C=O) groups excluding carboxylic acids is 2. The molecule has 1 atom stereocenters. The van der Waals surface area contributed by atoms with E-state index in [0.717, 1.165) is 18.4 Å². The summed E-state index contributed by atoms with van der Waals surface area (Å²) in [4.78, 5) is 30.3. The molecule has 2 aromatic rings. The molecule has 0 saturated heterocycles. The molecule has 32 heavy (non-hydrogen) atoms. The lowest BCUT2D eigenvalue weighted by atomic mass is 10.0. The van der Waals surface area contributed by atoms with Crippen LogP contribution in [0.15, 0.2) is 35.7 Å². The number of benzene rings is 1. The number of amides is 3. The van der Waals surface area contributed by atoms with Crippen molar-refractivity contribution in [1.29, 1.82) is 0 Å². The highest BCUT2D eigenvalue weighted by Crippen LogP contribution is 2.34. The van der Waals surface area contributed by atoms with Gasteiger partial charge in [0.15, 0.2) is 11.6 Å². The van der Waals surface area contributed by atoms with Crippen LogP contribution in [0.25, 0.3) is 0 Å². The highest BCUT2D eigenvalue weighted by Gasteiger charge is 2.33. The zero-order chi connectivity index (χ0) is 22.9. The second kappa shape index (κ2) is 11.8. The first-order valence-corrected chi connectivity index (χ1v) is 11.7. The van der Waals surface area contributed by atoms with Crippen molar-refractivity contribution < 1.29 is 23.5 Å². The highest BCUT2D eigenvalue weighted by molar-refractivity contribution is 7.10. The Bertz CT molecular complexity index is 907. The molecule has 7 nitrogen and oxygen atoms in total. The second-order valence-corrected chi connectivity index (χ2v) is 8.54. The van der Waals surface area contributed by atoms with Gasteiger partial charge in [-0.25, -0.2) is 9.18 Å². The van der Waals surface area contributed by atoms with Crippen molar-refractivity contribution in [2.24, 2.45) is 0 Å². The Morgan fingerprint density at radius 3 is 2.88 bits per heavy atom. The third-order valence-corrected chi connectivity index (χ3v) is 6.35. The van der Waals surface area contributed by atoms with Crippen molar-refractivity contribution in [3.05, 3.63) is 52.0 Å². The summed E-state index contributed by atoms with van der Waals surface area (Å²) in [6.07, 6.45) is 1.55. The lowest BCUT2D eigenvalue weighted by Gasteiger charge is -2.37. The van der Waals surface area contributed by atoms with Gasteiger partial charge in [0, 0.05) is 31.6 Å². The molecule has 1 aliphatic heterocycles. The minimum atomic E-state index is -0.440. The van der Waals surface area contributed by atoms with Crippen LogP contribution in [0.2, 0.25) is 0 Å². The Morgan fingerprint density at radius 1 is 1.31 bits per heavy atom. The molecule has 1 aliphatic rings. The zero-order valence-corrected chi connectivity index (χ0v) is 19.3. The Kier molecular flexibility index (Phi) is 8.87. The van der Waals surface area contributed by atoms with Gasteiger partial charge in [0.25, 0.3) is 0 Å². The topological polar surface area (TPSA) is 71.1 Å². The Labute approximate surface area is 192 Å². The number of hydrogen-bond acceptors (Lipinski definition) is 5. The number of halogens is 1. The molecule has 0 spiro atoms. The van der Waals surface area contributed by atoms with Crippen molar-refractivity contribution in [3.63, 3.8) is 0 Å². The molecule has 3 rings (SSSR count). The third-order valence-electron chi connectivity index (χ3n) is 5.35. The summed E-state index contributed by atoms with van der Waals surface area (Å²) in [7, 11) is 1.56. The third kappa shape index (κ3) is 5.98. The maximum absolute atomic E-state index is 14.0. The molecule has 0 bridgehead atoms. The summed E-state index contributed by atoms with van der Waals surface area (Å²) >= 11 is 1.65. The van der Waals surface area contributed by atoms with E-state index in [1.54, 1.807) is 41.5 Å². The lowest BCUT2D eigenvalue weighted by Crippen LogP contribution is -2.50. The fourth-order valence-corrected chi connectivity index (χ4v) is 4.59. The quantitative estimate of drug-likeness (QED) is 0.586. The zero-order valence-electron chi connectivity index (χ0n) is 18.5. The molecule has 1 aromatic heterocycles. The number of fused-ring (bicyclic) bond motifs is 1. The smallest absolute Gasteiger partial charge is 0.317 e. The first kappa shape index (κ1) is 24.0. The molecule has 0 fully saturated rings. The maximum Gasteiger partial charge on any atom is 0.317 e. The first-order chi connectivity index (χ1) is 15.5. The molecule has 1 N–H and O–H groups in total. The van der Waals surface area contributed by atoms with Gasteiger partial charge in [0.1, 0.15) is 13.2 Å². The summed E-state index contributed by atoms with van der Waals surface area (Å²) in [6.45, 7) is 3.75. The van der Waals surface area contributed by atoms with E-state index in [1.165, 1.54) is 15.8 Å². The van der Waals surface area contributed by atoms with E-state index in [4.69, 9.17) is 9.47 Å². The van der Waals surface area contributed by atoms with Crippen molar-refractivity contribution >= 4 is 23.3 Å². The summed E-state index contributed by atoms with van der Waals surface area (Å²) in [5.74, 6) is -0.459. The average molecular weight is 464 g/mol. The number of urea groups is 1. The van der Waals surface area contributed by atoms with Gasteiger partial charge >= 0.3 is 6.03 Å². The highest BCUT2D eigenvalue weighted by atomic mass is 32.1. The van der Waals surface area contributed by atoms with E-state index in [2.05, 4.69) is 5.32 Å². The molecule has 3 amide bonds. The number of thiophene rings is 1. The van der Waals surface area contributed by atoms with Gasteiger partial charge < -0.3 is 24.6 Å². The van der Waals surface area contributed by atoms with Crippen molar-refractivity contribution in [2.45, 2.75) is 25.8 Å². The van der Waals surface area contributed by atoms with Crippen LogP contribution < -0.4 is 10.1 Å². The van der Waals surface area contributed by atoms with Crippen LogP contribution in [0.3, 0.4) is 0 Å². The number of ether oxygens (including phenoxy) is 2. The lowest BCUT2D eigenvalue weighted by molar-refractivity contribution is -0.135. The number of nitrogens with one attached hydrogen (secondary N) is 1. The summed E-state index contributed by atoms with van der Waals surface area (Å²) in [5.41, 5.74) is 1.02.